The van der Waals surface area contributed by atoms with Crippen LogP contribution in [0.5, 0.6) is 0 Å². The van der Waals surface area contributed by atoms with Crippen LogP contribution in [-0.4, -0.2) is 34.6 Å². The molecule has 2 aromatic heterocycles. The monoisotopic (exact) mass is 306 g/mol. The van der Waals surface area contributed by atoms with Crippen LogP contribution < -0.4 is 0 Å². The van der Waals surface area contributed by atoms with Crippen LogP contribution in [0.2, 0.25) is 0 Å². The van der Waals surface area contributed by atoms with E-state index in [0.717, 1.165) is 11.3 Å². The Morgan fingerprint density at radius 2 is 2.40 bits per heavy atom. The molecule has 2 aromatic rings. The van der Waals surface area contributed by atoms with Gasteiger partial charge in [-0.3, -0.25) is 4.79 Å². The lowest BCUT2D eigenvalue weighted by Crippen LogP contribution is -2.26. The van der Waals surface area contributed by atoms with E-state index >= 15 is 0 Å². The van der Waals surface area contributed by atoms with Crippen LogP contribution in [-0.2, 0) is 6.54 Å². The van der Waals surface area contributed by atoms with Gasteiger partial charge in [-0.1, -0.05) is 11.8 Å². The number of hydrogen-bond acceptors (Lipinski definition) is 5. The number of thiazole rings is 1. The molecule has 0 aliphatic heterocycles. The standard InChI is InChI=1S/C14H14N2O2S2/c1-16(8-12-9-19-10-15-12)14(18)13-11(5-7-20-13)4-2-3-6-17/h5,7,9-10,17H,3,6,8H2,1H3. The van der Waals surface area contributed by atoms with Crippen molar-refractivity contribution in [1.82, 2.24) is 9.88 Å². The van der Waals surface area contributed by atoms with Gasteiger partial charge < -0.3 is 10.0 Å². The second-order valence-corrected chi connectivity index (χ2v) is 5.71. The van der Waals surface area contributed by atoms with Crippen molar-refractivity contribution in [3.05, 3.63) is 38.5 Å². The minimum Gasteiger partial charge on any atom is -0.395 e. The maximum Gasteiger partial charge on any atom is 0.265 e. The topological polar surface area (TPSA) is 53.4 Å². The minimum atomic E-state index is -0.0544. The number of aliphatic hydroxyl groups is 1. The predicted octanol–water partition coefficient (Wildman–Crippen LogP) is 2.21. The Morgan fingerprint density at radius 3 is 3.10 bits per heavy atom. The number of carbonyl (C=O) groups is 1. The van der Waals surface area contributed by atoms with E-state index in [2.05, 4.69) is 16.8 Å². The number of rotatable bonds is 4. The largest absolute Gasteiger partial charge is 0.395 e. The summed E-state index contributed by atoms with van der Waals surface area (Å²) in [6.45, 7) is 0.522. The Balaban J connectivity index is 2.09. The Hall–Kier alpha value is -1.68. The average Bonchev–Trinajstić information content (AvgIpc) is 3.09. The van der Waals surface area contributed by atoms with Crippen molar-refractivity contribution >= 4 is 28.6 Å². The van der Waals surface area contributed by atoms with Crippen LogP contribution in [0.15, 0.2) is 22.3 Å². The fourth-order valence-corrected chi connectivity index (χ4v) is 2.98. The van der Waals surface area contributed by atoms with E-state index in [4.69, 9.17) is 5.11 Å². The maximum atomic E-state index is 12.4. The molecule has 0 aromatic carbocycles. The summed E-state index contributed by atoms with van der Waals surface area (Å²) < 4.78 is 0. The zero-order valence-electron chi connectivity index (χ0n) is 11.0. The van der Waals surface area contributed by atoms with Gasteiger partial charge in [-0.2, -0.15) is 0 Å². The normalized spacial score (nSPS) is 9.90. The van der Waals surface area contributed by atoms with Crippen molar-refractivity contribution in [1.29, 1.82) is 0 Å². The highest BCUT2D eigenvalue weighted by Crippen LogP contribution is 2.18. The number of aliphatic hydroxyl groups excluding tert-OH is 1. The van der Waals surface area contributed by atoms with Gasteiger partial charge in [0, 0.05) is 24.4 Å². The SMILES string of the molecule is CN(Cc1cscn1)C(=O)c1sccc1C#CCCO. The lowest BCUT2D eigenvalue weighted by atomic mass is 10.2. The van der Waals surface area contributed by atoms with E-state index in [1.807, 2.05) is 16.8 Å². The van der Waals surface area contributed by atoms with Crippen molar-refractivity contribution in [2.24, 2.45) is 0 Å². The molecule has 0 saturated carbocycles. The summed E-state index contributed by atoms with van der Waals surface area (Å²) >= 11 is 2.90. The molecule has 0 aliphatic rings. The van der Waals surface area contributed by atoms with Gasteiger partial charge in [0.15, 0.2) is 0 Å². The highest BCUT2D eigenvalue weighted by molar-refractivity contribution is 7.12. The van der Waals surface area contributed by atoms with Gasteiger partial charge in [-0.15, -0.1) is 22.7 Å². The molecule has 0 unspecified atom stereocenters. The molecule has 0 bridgehead atoms. The Morgan fingerprint density at radius 1 is 1.55 bits per heavy atom. The number of carbonyl (C=O) groups excluding carboxylic acids is 1. The lowest BCUT2D eigenvalue weighted by molar-refractivity contribution is 0.0788. The first-order valence-electron chi connectivity index (χ1n) is 6.02. The molecule has 1 amide bonds. The fourth-order valence-electron chi connectivity index (χ4n) is 1.59. The fraction of sp³-hybridized carbons (Fsp3) is 0.286. The molecule has 2 heterocycles. The molecule has 0 aliphatic carbocycles. The third-order valence-electron chi connectivity index (χ3n) is 2.55. The first kappa shape index (κ1) is 14.7. The van der Waals surface area contributed by atoms with Crippen LogP contribution in [0, 0.1) is 11.8 Å². The van der Waals surface area contributed by atoms with E-state index in [0.29, 0.717) is 17.8 Å². The van der Waals surface area contributed by atoms with Gasteiger partial charge in [-0.25, -0.2) is 4.98 Å². The van der Waals surface area contributed by atoms with Crippen LogP contribution in [0.3, 0.4) is 0 Å². The number of thiophene rings is 1. The molecule has 0 atom stereocenters. The molecule has 1 N–H and O–H groups in total. The first-order valence-corrected chi connectivity index (χ1v) is 7.84. The summed E-state index contributed by atoms with van der Waals surface area (Å²) in [5, 5.41) is 12.5. The zero-order chi connectivity index (χ0) is 14.4. The summed E-state index contributed by atoms with van der Waals surface area (Å²) in [5.74, 6) is 5.72. The lowest BCUT2D eigenvalue weighted by Gasteiger charge is -2.15. The van der Waals surface area contributed by atoms with E-state index in [1.165, 1.54) is 22.7 Å². The Labute approximate surface area is 125 Å². The summed E-state index contributed by atoms with van der Waals surface area (Å²) in [5.41, 5.74) is 3.36. The highest BCUT2D eigenvalue weighted by atomic mass is 32.1. The zero-order valence-corrected chi connectivity index (χ0v) is 12.6. The van der Waals surface area contributed by atoms with Crippen molar-refractivity contribution in [3.63, 3.8) is 0 Å². The summed E-state index contributed by atoms with van der Waals surface area (Å²) in [6, 6.07) is 1.83. The molecule has 20 heavy (non-hydrogen) atoms. The van der Waals surface area contributed by atoms with Gasteiger partial charge in [0.2, 0.25) is 0 Å². The molecule has 0 fully saturated rings. The van der Waals surface area contributed by atoms with Crippen LogP contribution >= 0.6 is 22.7 Å². The number of hydrogen-bond donors (Lipinski definition) is 1. The summed E-state index contributed by atoms with van der Waals surface area (Å²) in [6.07, 6.45) is 0.415. The van der Waals surface area contributed by atoms with Crippen molar-refractivity contribution < 1.29 is 9.90 Å². The van der Waals surface area contributed by atoms with E-state index < -0.39 is 0 Å². The second-order valence-electron chi connectivity index (χ2n) is 4.08. The number of nitrogens with zero attached hydrogens (tertiary/aromatic N) is 2. The quantitative estimate of drug-likeness (QED) is 0.881. The third kappa shape index (κ3) is 3.67. The third-order valence-corrected chi connectivity index (χ3v) is 4.09. The highest BCUT2D eigenvalue weighted by Gasteiger charge is 2.17. The Bertz CT molecular complexity index is 623. The van der Waals surface area contributed by atoms with Gasteiger partial charge in [-0.05, 0) is 11.4 Å². The average molecular weight is 306 g/mol. The molecule has 0 saturated heterocycles. The molecule has 0 radical (unpaired) electrons. The minimum absolute atomic E-state index is 0.0319. The van der Waals surface area contributed by atoms with E-state index in [9.17, 15) is 4.79 Å². The molecule has 0 spiro atoms. The summed E-state index contributed by atoms with van der Waals surface area (Å²) in [7, 11) is 1.76. The smallest absolute Gasteiger partial charge is 0.265 e. The van der Waals surface area contributed by atoms with Crippen molar-refractivity contribution in [3.8, 4) is 11.8 Å². The van der Waals surface area contributed by atoms with Gasteiger partial charge in [0.25, 0.3) is 5.91 Å². The number of amides is 1. The van der Waals surface area contributed by atoms with Crippen molar-refractivity contribution in [2.45, 2.75) is 13.0 Å². The van der Waals surface area contributed by atoms with E-state index in [-0.39, 0.29) is 12.5 Å². The van der Waals surface area contributed by atoms with Crippen molar-refractivity contribution in [2.75, 3.05) is 13.7 Å². The van der Waals surface area contributed by atoms with Gasteiger partial charge in [0.05, 0.1) is 24.4 Å². The second kappa shape index (κ2) is 7.20. The van der Waals surface area contributed by atoms with E-state index in [1.54, 1.807) is 17.5 Å². The number of aromatic nitrogens is 1. The molecule has 2 rings (SSSR count). The van der Waals surface area contributed by atoms with Gasteiger partial charge in [0.1, 0.15) is 4.88 Å². The first-order chi connectivity index (χ1) is 9.72. The molecular formula is C14H14N2O2S2. The Kier molecular flexibility index (Phi) is 5.30. The molecule has 4 nitrogen and oxygen atoms in total. The van der Waals surface area contributed by atoms with Crippen LogP contribution in [0.1, 0.15) is 27.3 Å². The predicted molar refractivity (Wildman–Crippen MR) is 80.8 cm³/mol. The summed E-state index contributed by atoms with van der Waals surface area (Å²) in [4.78, 5) is 18.8. The maximum absolute atomic E-state index is 12.4. The molecule has 104 valence electrons. The molecular weight excluding hydrogens is 292 g/mol. The van der Waals surface area contributed by atoms with Crippen LogP contribution in [0.4, 0.5) is 0 Å². The molecule has 6 heteroatoms. The van der Waals surface area contributed by atoms with Gasteiger partial charge >= 0.3 is 0 Å². The van der Waals surface area contributed by atoms with Crippen LogP contribution in [0.25, 0.3) is 0 Å².